The van der Waals surface area contributed by atoms with Gasteiger partial charge < -0.3 is 10.5 Å². The highest BCUT2D eigenvalue weighted by atomic mass is 16.5. The Morgan fingerprint density at radius 3 is 2.36 bits per heavy atom. The fraction of sp³-hybridized carbons (Fsp3) is 0.667. The van der Waals surface area contributed by atoms with Crippen LogP contribution in [0.2, 0.25) is 0 Å². The van der Waals surface area contributed by atoms with Crippen molar-refractivity contribution < 1.29 is 4.74 Å². The molecule has 2 N–H and O–H groups in total. The Hall–Kier alpha value is -0.920. The van der Waals surface area contributed by atoms with Crippen LogP contribution in [-0.4, -0.2) is 7.11 Å². The Bertz CT molecular complexity index is 194. The third-order valence-corrected chi connectivity index (χ3v) is 2.14. The number of hydrogen-bond donors (Lipinski definition) is 1. The van der Waals surface area contributed by atoms with Gasteiger partial charge in [-0.2, -0.15) is 0 Å². The summed E-state index contributed by atoms with van der Waals surface area (Å²) in [6.45, 7) is 4.41. The molecule has 14 heavy (non-hydrogen) atoms. The molecular formula is C12H23NO. The Labute approximate surface area is 87.8 Å². The summed E-state index contributed by atoms with van der Waals surface area (Å²) in [4.78, 5) is 0. The molecule has 0 aliphatic carbocycles. The molecule has 0 atom stereocenters. The second-order valence-corrected chi connectivity index (χ2v) is 3.45. The minimum atomic E-state index is 0.482. The average Bonchev–Trinajstić information content (AvgIpc) is 2.21. The van der Waals surface area contributed by atoms with Crippen LogP contribution in [0.3, 0.4) is 0 Å². The zero-order valence-corrected chi connectivity index (χ0v) is 9.68. The first-order valence-corrected chi connectivity index (χ1v) is 5.43. The monoisotopic (exact) mass is 197 g/mol. The van der Waals surface area contributed by atoms with Crippen molar-refractivity contribution in [2.75, 3.05) is 7.11 Å². The van der Waals surface area contributed by atoms with Crippen molar-refractivity contribution >= 4 is 0 Å². The minimum absolute atomic E-state index is 0.482. The van der Waals surface area contributed by atoms with E-state index in [0.717, 1.165) is 6.42 Å². The first-order valence-electron chi connectivity index (χ1n) is 5.43. The van der Waals surface area contributed by atoms with E-state index in [0.29, 0.717) is 5.88 Å². The van der Waals surface area contributed by atoms with E-state index in [1.165, 1.54) is 31.3 Å². The van der Waals surface area contributed by atoms with Gasteiger partial charge >= 0.3 is 0 Å². The fourth-order valence-corrected chi connectivity index (χ4v) is 1.28. The molecule has 0 radical (unpaired) electrons. The van der Waals surface area contributed by atoms with E-state index in [2.05, 4.69) is 19.9 Å². The lowest BCUT2D eigenvalue weighted by molar-refractivity contribution is 0.287. The number of nitrogens with two attached hydrogens (primary N) is 1. The molecule has 0 aromatic rings. The number of hydrogen-bond acceptors (Lipinski definition) is 2. The highest BCUT2D eigenvalue weighted by molar-refractivity contribution is 5.13. The van der Waals surface area contributed by atoms with E-state index >= 15 is 0 Å². The normalized spacial score (nSPS) is 13.1. The van der Waals surface area contributed by atoms with E-state index in [9.17, 15) is 0 Å². The summed E-state index contributed by atoms with van der Waals surface area (Å²) in [6.07, 6.45) is 9.97. The summed E-state index contributed by atoms with van der Waals surface area (Å²) >= 11 is 0. The van der Waals surface area contributed by atoms with Gasteiger partial charge in [0, 0.05) is 0 Å². The first-order chi connectivity index (χ1) is 6.74. The Morgan fingerprint density at radius 2 is 1.86 bits per heavy atom. The van der Waals surface area contributed by atoms with E-state index in [-0.39, 0.29) is 0 Å². The third-order valence-electron chi connectivity index (χ3n) is 2.14. The van der Waals surface area contributed by atoms with E-state index in [1.54, 1.807) is 7.11 Å². The van der Waals surface area contributed by atoms with Gasteiger partial charge in [0.1, 0.15) is 0 Å². The van der Waals surface area contributed by atoms with Gasteiger partial charge in [0.25, 0.3) is 0 Å². The first kappa shape index (κ1) is 13.1. The van der Waals surface area contributed by atoms with Crippen molar-refractivity contribution in [3.05, 3.63) is 23.6 Å². The van der Waals surface area contributed by atoms with E-state index in [1.807, 2.05) is 6.08 Å². The maximum Gasteiger partial charge on any atom is 0.183 e. The van der Waals surface area contributed by atoms with Crippen LogP contribution in [0.4, 0.5) is 0 Å². The van der Waals surface area contributed by atoms with Crippen molar-refractivity contribution in [3.8, 4) is 0 Å². The molecule has 2 nitrogen and oxygen atoms in total. The summed E-state index contributed by atoms with van der Waals surface area (Å²) in [5.41, 5.74) is 7.01. The third kappa shape index (κ3) is 6.58. The van der Waals surface area contributed by atoms with Gasteiger partial charge in [-0.1, -0.05) is 38.3 Å². The summed E-state index contributed by atoms with van der Waals surface area (Å²) < 4.78 is 4.88. The zero-order valence-electron chi connectivity index (χ0n) is 9.68. The molecular weight excluding hydrogens is 174 g/mol. The lowest BCUT2D eigenvalue weighted by atomic mass is 10.0. The number of allylic oxidation sites excluding steroid dienone is 3. The maximum atomic E-state index is 5.54. The molecule has 0 rings (SSSR count). The second kappa shape index (κ2) is 8.67. The molecule has 82 valence electrons. The molecule has 0 amide bonds. The smallest absolute Gasteiger partial charge is 0.183 e. The molecule has 0 heterocycles. The highest BCUT2D eigenvalue weighted by Crippen LogP contribution is 2.13. The average molecular weight is 197 g/mol. The zero-order chi connectivity index (χ0) is 10.8. The Morgan fingerprint density at radius 1 is 1.14 bits per heavy atom. The van der Waals surface area contributed by atoms with Crippen LogP contribution in [-0.2, 0) is 4.74 Å². The van der Waals surface area contributed by atoms with Crippen molar-refractivity contribution in [3.63, 3.8) is 0 Å². The highest BCUT2D eigenvalue weighted by Gasteiger charge is 1.94. The predicted octanol–water partition coefficient (Wildman–Crippen LogP) is 3.35. The molecule has 0 fully saturated rings. The quantitative estimate of drug-likeness (QED) is 0.502. The van der Waals surface area contributed by atoms with Crippen LogP contribution < -0.4 is 5.73 Å². The van der Waals surface area contributed by atoms with Crippen molar-refractivity contribution in [2.45, 2.75) is 46.0 Å². The number of methoxy groups -OCH3 is 1. The standard InChI is InChI=1S/C12H23NO/c1-4-6-8-11(7-5-2)9-10-12(13)14-3/h9-10H,4-8,13H2,1-3H3/b11-9-,12-10+. The van der Waals surface area contributed by atoms with Gasteiger partial charge in [-0.25, -0.2) is 0 Å². The molecule has 0 aliphatic rings. The maximum absolute atomic E-state index is 5.54. The SMILES string of the molecule is CCCC/C(=C\C=C(/N)OC)CCC. The Kier molecular flexibility index (Phi) is 8.10. The van der Waals surface area contributed by atoms with Gasteiger partial charge in [-0.05, 0) is 25.3 Å². The van der Waals surface area contributed by atoms with Crippen molar-refractivity contribution in [2.24, 2.45) is 5.73 Å². The molecule has 0 aliphatic heterocycles. The minimum Gasteiger partial charge on any atom is -0.483 e. The van der Waals surface area contributed by atoms with Gasteiger partial charge in [-0.3, -0.25) is 0 Å². The van der Waals surface area contributed by atoms with Crippen LogP contribution >= 0.6 is 0 Å². The second-order valence-electron chi connectivity index (χ2n) is 3.45. The van der Waals surface area contributed by atoms with Crippen molar-refractivity contribution in [1.29, 1.82) is 0 Å². The lowest BCUT2D eigenvalue weighted by Gasteiger charge is -2.04. The van der Waals surface area contributed by atoms with Crippen LogP contribution in [0.15, 0.2) is 23.6 Å². The van der Waals surface area contributed by atoms with Crippen LogP contribution in [0.1, 0.15) is 46.0 Å². The van der Waals surface area contributed by atoms with Crippen LogP contribution in [0.5, 0.6) is 0 Å². The molecule has 0 aromatic carbocycles. The van der Waals surface area contributed by atoms with Gasteiger partial charge in [-0.15, -0.1) is 0 Å². The molecule has 0 bridgehead atoms. The van der Waals surface area contributed by atoms with Gasteiger partial charge in [0.05, 0.1) is 7.11 Å². The molecule has 2 heteroatoms. The van der Waals surface area contributed by atoms with Crippen molar-refractivity contribution in [1.82, 2.24) is 0 Å². The van der Waals surface area contributed by atoms with E-state index in [4.69, 9.17) is 10.5 Å². The largest absolute Gasteiger partial charge is 0.483 e. The Balaban J connectivity index is 4.16. The number of rotatable bonds is 7. The summed E-state index contributed by atoms with van der Waals surface area (Å²) in [5.74, 6) is 0.482. The molecule has 0 aromatic heterocycles. The molecule has 0 spiro atoms. The van der Waals surface area contributed by atoms with Crippen LogP contribution in [0, 0.1) is 0 Å². The number of ether oxygens (including phenoxy) is 1. The topological polar surface area (TPSA) is 35.2 Å². The van der Waals surface area contributed by atoms with Crippen LogP contribution in [0.25, 0.3) is 0 Å². The summed E-state index contributed by atoms with van der Waals surface area (Å²) in [6, 6.07) is 0. The number of unbranched alkanes of at least 4 members (excludes halogenated alkanes) is 1. The van der Waals surface area contributed by atoms with E-state index < -0.39 is 0 Å². The lowest BCUT2D eigenvalue weighted by Crippen LogP contribution is -1.98. The molecule has 0 saturated heterocycles. The molecule has 0 saturated carbocycles. The van der Waals surface area contributed by atoms with Gasteiger partial charge in [0.2, 0.25) is 0 Å². The summed E-state index contributed by atoms with van der Waals surface area (Å²) in [5, 5.41) is 0. The summed E-state index contributed by atoms with van der Waals surface area (Å²) in [7, 11) is 1.59. The van der Waals surface area contributed by atoms with Gasteiger partial charge in [0.15, 0.2) is 5.88 Å². The fourth-order valence-electron chi connectivity index (χ4n) is 1.28. The predicted molar refractivity (Wildman–Crippen MR) is 61.8 cm³/mol. The molecule has 0 unspecified atom stereocenters.